The van der Waals surface area contributed by atoms with Gasteiger partial charge in [0, 0.05) is 41.7 Å². The van der Waals surface area contributed by atoms with Crippen LogP contribution in [0.5, 0.6) is 5.88 Å². The molecule has 0 aliphatic rings. The summed E-state index contributed by atoms with van der Waals surface area (Å²) in [4.78, 5) is 20.2. The Balaban J connectivity index is 1.80. The summed E-state index contributed by atoms with van der Waals surface area (Å²) in [5.41, 5.74) is 4.03. The monoisotopic (exact) mass is 533 g/mol. The average molecular weight is 534 g/mol. The Morgan fingerprint density at radius 1 is 1.03 bits per heavy atom. The molecule has 3 aromatic carbocycles. The van der Waals surface area contributed by atoms with Crippen molar-refractivity contribution in [3.63, 3.8) is 0 Å². The van der Waals surface area contributed by atoms with Crippen LogP contribution in [0.4, 0.5) is 11.4 Å². The number of aromatic hydroxyl groups is 1. The van der Waals surface area contributed by atoms with Crippen molar-refractivity contribution < 1.29 is 18.3 Å². The molecule has 0 fully saturated rings. The highest BCUT2D eigenvalue weighted by Gasteiger charge is 2.20. The van der Waals surface area contributed by atoms with Crippen molar-refractivity contribution in [1.29, 1.82) is 0 Å². The van der Waals surface area contributed by atoms with Gasteiger partial charge in [-0.25, -0.2) is 13.4 Å². The molecule has 0 bridgehead atoms. The molecule has 198 valence electrons. The van der Waals surface area contributed by atoms with Gasteiger partial charge in [0.25, 0.3) is 5.91 Å². The van der Waals surface area contributed by atoms with Crippen LogP contribution < -0.4 is 14.9 Å². The van der Waals surface area contributed by atoms with E-state index < -0.39 is 10.0 Å². The number of nitrogens with one attached hydrogen (secondary N) is 3. The van der Waals surface area contributed by atoms with E-state index in [2.05, 4.69) is 15.6 Å². The standard InChI is InChI=1S/C28H31N5O4S/c1-4-30-27(34)20-10-15-23-24(18-20)32-28(35)25(23)26(19-8-6-5-7-9-19)31-21-11-13-22(14-12-21)33(17-16-29-2)38(3,36)37/h5-15,18,29,32,35H,4,16-17H2,1-3H3,(H,30,34). The number of anilines is 1. The number of carbonyl (C=O) groups is 1. The zero-order valence-electron chi connectivity index (χ0n) is 21.5. The number of aliphatic imine (C=N–C) groups is 1. The fourth-order valence-electron chi connectivity index (χ4n) is 4.21. The lowest BCUT2D eigenvalue weighted by Crippen LogP contribution is -2.35. The Labute approximate surface area is 222 Å². The molecular formula is C28H31N5O4S. The number of sulfonamides is 1. The highest BCUT2D eigenvalue weighted by molar-refractivity contribution is 7.92. The van der Waals surface area contributed by atoms with Crippen LogP contribution >= 0.6 is 0 Å². The number of benzene rings is 3. The van der Waals surface area contributed by atoms with E-state index in [-0.39, 0.29) is 11.8 Å². The molecule has 1 heterocycles. The second kappa shape index (κ2) is 11.5. The Morgan fingerprint density at radius 2 is 1.74 bits per heavy atom. The number of H-pyrrole nitrogens is 1. The maximum absolute atomic E-state index is 12.3. The van der Waals surface area contributed by atoms with Crippen molar-refractivity contribution in [3.05, 3.63) is 89.5 Å². The van der Waals surface area contributed by atoms with Crippen molar-refractivity contribution in [1.82, 2.24) is 15.6 Å². The van der Waals surface area contributed by atoms with Gasteiger partial charge >= 0.3 is 0 Å². The van der Waals surface area contributed by atoms with Gasteiger partial charge < -0.3 is 20.7 Å². The summed E-state index contributed by atoms with van der Waals surface area (Å²) in [5, 5.41) is 17.4. The summed E-state index contributed by atoms with van der Waals surface area (Å²) in [6, 6.07) is 21.6. The number of aromatic amines is 1. The van der Waals surface area contributed by atoms with Crippen LogP contribution in [0.2, 0.25) is 0 Å². The highest BCUT2D eigenvalue weighted by Crippen LogP contribution is 2.32. The molecule has 4 N–H and O–H groups in total. The van der Waals surface area contributed by atoms with E-state index in [1.807, 2.05) is 37.3 Å². The number of fused-ring (bicyclic) bond motifs is 1. The SMILES string of the molecule is CCNC(=O)c1ccc2c(C(=Nc3ccc(N(CCNC)S(C)(=O)=O)cc3)c3ccccc3)c(O)[nH]c2c1. The van der Waals surface area contributed by atoms with Gasteiger partial charge in [0.2, 0.25) is 10.0 Å². The zero-order valence-corrected chi connectivity index (χ0v) is 22.3. The maximum atomic E-state index is 12.3. The minimum atomic E-state index is -3.46. The Hall–Kier alpha value is -4.15. The lowest BCUT2D eigenvalue weighted by atomic mass is 10.00. The fraction of sp³-hybridized carbons (Fsp3) is 0.214. The quantitative estimate of drug-likeness (QED) is 0.231. The van der Waals surface area contributed by atoms with E-state index in [0.717, 1.165) is 5.56 Å². The molecule has 1 aromatic heterocycles. The Bertz CT molecular complexity index is 1560. The third-order valence-electron chi connectivity index (χ3n) is 6.01. The van der Waals surface area contributed by atoms with E-state index in [4.69, 9.17) is 4.99 Å². The van der Waals surface area contributed by atoms with Gasteiger partial charge in [-0.3, -0.25) is 9.10 Å². The molecule has 1 amide bonds. The summed E-state index contributed by atoms with van der Waals surface area (Å²) in [6.07, 6.45) is 1.18. The average Bonchev–Trinajstić information content (AvgIpc) is 3.23. The fourth-order valence-corrected chi connectivity index (χ4v) is 5.14. The Kier molecular flexibility index (Phi) is 8.13. The van der Waals surface area contributed by atoms with Crippen LogP contribution in [0.1, 0.15) is 28.4 Å². The maximum Gasteiger partial charge on any atom is 0.251 e. The zero-order chi connectivity index (χ0) is 27.3. The van der Waals surface area contributed by atoms with Gasteiger partial charge in [0.05, 0.1) is 28.9 Å². The molecule has 0 atom stereocenters. The molecule has 0 saturated carbocycles. The van der Waals surface area contributed by atoms with Crippen molar-refractivity contribution >= 4 is 43.9 Å². The number of carbonyl (C=O) groups excluding carboxylic acids is 1. The molecule has 0 unspecified atom stereocenters. The largest absolute Gasteiger partial charge is 0.494 e. The summed E-state index contributed by atoms with van der Waals surface area (Å²) in [6.45, 7) is 3.17. The van der Waals surface area contributed by atoms with Gasteiger partial charge in [-0.2, -0.15) is 0 Å². The molecule has 0 aliphatic heterocycles. The van der Waals surface area contributed by atoms with Gasteiger partial charge in [-0.1, -0.05) is 36.4 Å². The first kappa shape index (κ1) is 26.9. The first-order valence-electron chi connectivity index (χ1n) is 12.2. The number of aromatic nitrogens is 1. The molecule has 0 saturated heterocycles. The minimum absolute atomic E-state index is 0.0670. The first-order valence-corrected chi connectivity index (χ1v) is 14.1. The van der Waals surface area contributed by atoms with Gasteiger partial charge in [0.1, 0.15) is 0 Å². The Morgan fingerprint density at radius 3 is 2.37 bits per heavy atom. The molecular weight excluding hydrogens is 502 g/mol. The van der Waals surface area contributed by atoms with Gasteiger partial charge in [-0.15, -0.1) is 0 Å². The van der Waals surface area contributed by atoms with Gasteiger partial charge in [0.15, 0.2) is 5.88 Å². The van der Waals surface area contributed by atoms with Crippen LogP contribution in [0.3, 0.4) is 0 Å². The molecule has 4 rings (SSSR count). The smallest absolute Gasteiger partial charge is 0.251 e. The normalized spacial score (nSPS) is 12.0. The van der Waals surface area contributed by atoms with Crippen molar-refractivity contribution in [2.24, 2.45) is 4.99 Å². The lowest BCUT2D eigenvalue weighted by Gasteiger charge is -2.22. The molecule has 0 spiro atoms. The van der Waals surface area contributed by atoms with E-state index in [0.29, 0.717) is 58.8 Å². The van der Waals surface area contributed by atoms with Gasteiger partial charge in [-0.05, 0) is 50.4 Å². The van der Waals surface area contributed by atoms with Crippen LogP contribution in [0.15, 0.2) is 77.8 Å². The molecule has 38 heavy (non-hydrogen) atoms. The van der Waals surface area contributed by atoms with Crippen molar-refractivity contribution in [2.75, 3.05) is 37.2 Å². The van der Waals surface area contributed by atoms with E-state index in [1.54, 1.807) is 49.5 Å². The number of hydrogen-bond donors (Lipinski definition) is 4. The first-order chi connectivity index (χ1) is 18.2. The third kappa shape index (κ3) is 5.87. The second-order valence-electron chi connectivity index (χ2n) is 8.75. The second-order valence-corrected chi connectivity index (χ2v) is 10.7. The van der Waals surface area contributed by atoms with Crippen LogP contribution in [0, 0.1) is 0 Å². The lowest BCUT2D eigenvalue weighted by molar-refractivity contribution is 0.0956. The van der Waals surface area contributed by atoms with E-state index in [9.17, 15) is 18.3 Å². The summed E-state index contributed by atoms with van der Waals surface area (Å²) in [7, 11) is -1.69. The predicted molar refractivity (Wildman–Crippen MR) is 152 cm³/mol. The van der Waals surface area contributed by atoms with Crippen LogP contribution in [-0.2, 0) is 10.0 Å². The van der Waals surface area contributed by atoms with Crippen molar-refractivity contribution in [2.45, 2.75) is 6.92 Å². The number of rotatable bonds is 10. The highest BCUT2D eigenvalue weighted by atomic mass is 32.2. The van der Waals surface area contributed by atoms with Crippen LogP contribution in [-0.4, -0.2) is 63.1 Å². The van der Waals surface area contributed by atoms with Crippen molar-refractivity contribution in [3.8, 4) is 5.88 Å². The number of hydrogen-bond acceptors (Lipinski definition) is 6. The molecule has 0 aliphatic carbocycles. The molecule has 4 aromatic rings. The van der Waals surface area contributed by atoms with E-state index in [1.165, 1.54) is 10.6 Å². The summed E-state index contributed by atoms with van der Waals surface area (Å²) >= 11 is 0. The molecule has 10 heteroatoms. The number of amides is 1. The third-order valence-corrected chi connectivity index (χ3v) is 7.20. The molecule has 9 nitrogen and oxygen atoms in total. The number of nitrogens with zero attached hydrogens (tertiary/aromatic N) is 2. The predicted octanol–water partition coefficient (Wildman–Crippen LogP) is 3.78. The van der Waals surface area contributed by atoms with Crippen LogP contribution in [0.25, 0.3) is 10.9 Å². The number of likely N-dealkylation sites (N-methyl/N-ethyl adjacent to an activating group) is 1. The summed E-state index contributed by atoms with van der Waals surface area (Å²) in [5.74, 6) is -0.262. The van der Waals surface area contributed by atoms with E-state index >= 15 is 0 Å². The summed E-state index contributed by atoms with van der Waals surface area (Å²) < 4.78 is 26.0. The minimum Gasteiger partial charge on any atom is -0.494 e. The molecule has 0 radical (unpaired) electrons. The topological polar surface area (TPSA) is 127 Å².